The molecular weight excluding hydrogens is 204 g/mol. The number of rotatable bonds is 3. The van der Waals surface area contributed by atoms with E-state index in [-0.39, 0.29) is 17.9 Å². The minimum atomic E-state index is 0.140. The van der Waals surface area contributed by atoms with Gasteiger partial charge in [-0.2, -0.15) is 0 Å². The summed E-state index contributed by atoms with van der Waals surface area (Å²) in [7, 11) is 0. The fraction of sp³-hybridized carbons (Fsp3) is 0.636. The maximum atomic E-state index is 11.8. The highest BCUT2D eigenvalue weighted by molar-refractivity contribution is 5.78. The molecule has 4 N–H and O–H groups in total. The second-order valence-corrected chi connectivity index (χ2v) is 4.41. The fourth-order valence-corrected chi connectivity index (χ4v) is 2.09. The third kappa shape index (κ3) is 2.82. The van der Waals surface area contributed by atoms with Crippen LogP contribution in [0.3, 0.4) is 0 Å². The van der Waals surface area contributed by atoms with Crippen molar-refractivity contribution in [3.63, 3.8) is 0 Å². The van der Waals surface area contributed by atoms with Crippen molar-refractivity contribution in [1.29, 1.82) is 0 Å². The number of amides is 1. The number of hydrogen-bond donors (Lipinski definition) is 3. The smallest absolute Gasteiger partial charge is 0.223 e. The summed E-state index contributed by atoms with van der Waals surface area (Å²) < 4.78 is 0. The van der Waals surface area contributed by atoms with Crippen LogP contribution in [0, 0.1) is 5.92 Å². The number of nitrogens with two attached hydrogens (primary N) is 1. The van der Waals surface area contributed by atoms with Gasteiger partial charge in [-0.15, -0.1) is 0 Å². The number of H-pyrrole nitrogens is 1. The lowest BCUT2D eigenvalue weighted by Crippen LogP contribution is -2.36. The normalized spacial score (nSPS) is 25.3. The Bertz CT molecular complexity index is 328. The maximum absolute atomic E-state index is 11.8. The van der Waals surface area contributed by atoms with Crippen LogP contribution in [0.1, 0.15) is 31.4 Å². The monoisotopic (exact) mass is 222 g/mol. The molecular formula is C11H18N4O. The molecule has 0 aliphatic heterocycles. The Morgan fingerprint density at radius 3 is 2.88 bits per heavy atom. The molecule has 16 heavy (non-hydrogen) atoms. The fourth-order valence-electron chi connectivity index (χ4n) is 2.09. The van der Waals surface area contributed by atoms with E-state index < -0.39 is 0 Å². The Labute approximate surface area is 94.8 Å². The zero-order valence-corrected chi connectivity index (χ0v) is 9.28. The molecule has 1 aliphatic rings. The first-order valence-electron chi connectivity index (χ1n) is 5.76. The Morgan fingerprint density at radius 2 is 2.25 bits per heavy atom. The van der Waals surface area contributed by atoms with Crippen LogP contribution in [0.25, 0.3) is 0 Å². The summed E-state index contributed by atoms with van der Waals surface area (Å²) in [4.78, 5) is 18.7. The molecule has 1 aromatic heterocycles. The number of carbonyl (C=O) groups excluding carboxylic acids is 1. The Hall–Kier alpha value is -1.36. The van der Waals surface area contributed by atoms with E-state index >= 15 is 0 Å². The molecule has 0 unspecified atom stereocenters. The Kier molecular flexibility index (Phi) is 3.56. The van der Waals surface area contributed by atoms with E-state index in [9.17, 15) is 4.79 Å². The van der Waals surface area contributed by atoms with Gasteiger partial charge in [-0.25, -0.2) is 4.98 Å². The SMILES string of the molecule is NC1CCC(C(=O)NCc2cnc[nH]2)CC1. The molecule has 1 aliphatic carbocycles. The molecule has 1 heterocycles. The molecule has 88 valence electrons. The van der Waals surface area contributed by atoms with Crippen LogP contribution in [0.15, 0.2) is 12.5 Å². The number of nitrogens with zero attached hydrogens (tertiary/aromatic N) is 1. The van der Waals surface area contributed by atoms with Gasteiger partial charge in [0.1, 0.15) is 0 Å². The van der Waals surface area contributed by atoms with E-state index in [0.29, 0.717) is 6.54 Å². The average molecular weight is 222 g/mol. The summed E-state index contributed by atoms with van der Waals surface area (Å²) in [6.45, 7) is 0.529. The third-order valence-corrected chi connectivity index (χ3v) is 3.15. The molecule has 0 spiro atoms. The predicted octanol–water partition coefficient (Wildman–Crippen LogP) is 0.543. The first kappa shape index (κ1) is 11.1. The van der Waals surface area contributed by atoms with Gasteiger partial charge in [0, 0.05) is 18.2 Å². The highest BCUT2D eigenvalue weighted by atomic mass is 16.1. The van der Waals surface area contributed by atoms with Gasteiger partial charge >= 0.3 is 0 Å². The Morgan fingerprint density at radius 1 is 1.50 bits per heavy atom. The van der Waals surface area contributed by atoms with E-state index in [0.717, 1.165) is 31.4 Å². The van der Waals surface area contributed by atoms with E-state index in [1.807, 2.05) is 0 Å². The summed E-state index contributed by atoms with van der Waals surface area (Å²) in [5, 5.41) is 2.92. The van der Waals surface area contributed by atoms with Crippen molar-refractivity contribution in [3.05, 3.63) is 18.2 Å². The summed E-state index contributed by atoms with van der Waals surface area (Å²) in [5.74, 6) is 0.282. The van der Waals surface area contributed by atoms with Gasteiger partial charge in [-0.1, -0.05) is 0 Å². The first-order valence-corrected chi connectivity index (χ1v) is 5.76. The van der Waals surface area contributed by atoms with E-state index in [2.05, 4.69) is 15.3 Å². The van der Waals surface area contributed by atoms with Crippen LogP contribution < -0.4 is 11.1 Å². The standard InChI is InChI=1S/C11H18N4O/c12-9-3-1-8(2-4-9)11(16)14-6-10-5-13-7-15-10/h5,7-9H,1-4,6,12H2,(H,13,15)(H,14,16). The van der Waals surface area contributed by atoms with Crippen LogP contribution in [0.2, 0.25) is 0 Å². The molecule has 0 bridgehead atoms. The molecule has 0 radical (unpaired) electrons. The molecule has 2 rings (SSSR count). The molecule has 0 saturated heterocycles. The lowest BCUT2D eigenvalue weighted by atomic mass is 9.86. The topological polar surface area (TPSA) is 83.8 Å². The summed E-state index contributed by atoms with van der Waals surface area (Å²) >= 11 is 0. The van der Waals surface area contributed by atoms with Gasteiger partial charge in [0.15, 0.2) is 0 Å². The Balaban J connectivity index is 1.75. The summed E-state index contributed by atoms with van der Waals surface area (Å²) in [6.07, 6.45) is 7.08. The summed E-state index contributed by atoms with van der Waals surface area (Å²) in [5.41, 5.74) is 6.73. The third-order valence-electron chi connectivity index (χ3n) is 3.15. The molecule has 0 aromatic carbocycles. The molecule has 1 saturated carbocycles. The highest BCUT2D eigenvalue weighted by Crippen LogP contribution is 2.23. The molecule has 1 aromatic rings. The maximum Gasteiger partial charge on any atom is 0.223 e. The van der Waals surface area contributed by atoms with Crippen molar-refractivity contribution < 1.29 is 4.79 Å². The van der Waals surface area contributed by atoms with Gasteiger partial charge < -0.3 is 16.0 Å². The zero-order chi connectivity index (χ0) is 11.4. The molecule has 5 nitrogen and oxygen atoms in total. The van der Waals surface area contributed by atoms with Crippen LogP contribution in [-0.4, -0.2) is 21.9 Å². The second kappa shape index (κ2) is 5.12. The van der Waals surface area contributed by atoms with Gasteiger partial charge in [-0.05, 0) is 25.7 Å². The minimum absolute atomic E-state index is 0.140. The number of carbonyl (C=O) groups is 1. The van der Waals surface area contributed by atoms with Crippen molar-refractivity contribution in [1.82, 2.24) is 15.3 Å². The van der Waals surface area contributed by atoms with Crippen LogP contribution in [-0.2, 0) is 11.3 Å². The van der Waals surface area contributed by atoms with E-state index in [4.69, 9.17) is 5.73 Å². The van der Waals surface area contributed by atoms with Crippen LogP contribution in [0.4, 0.5) is 0 Å². The number of imidazole rings is 1. The lowest BCUT2D eigenvalue weighted by molar-refractivity contribution is -0.126. The molecule has 0 atom stereocenters. The van der Waals surface area contributed by atoms with Crippen LogP contribution >= 0.6 is 0 Å². The van der Waals surface area contributed by atoms with Crippen molar-refractivity contribution in [2.24, 2.45) is 11.7 Å². The molecule has 1 amide bonds. The average Bonchev–Trinajstić information content (AvgIpc) is 2.80. The second-order valence-electron chi connectivity index (χ2n) is 4.41. The van der Waals surface area contributed by atoms with Gasteiger partial charge in [0.2, 0.25) is 5.91 Å². The van der Waals surface area contributed by atoms with Gasteiger partial charge in [0.05, 0.1) is 18.6 Å². The highest BCUT2D eigenvalue weighted by Gasteiger charge is 2.24. The van der Waals surface area contributed by atoms with Crippen molar-refractivity contribution in [2.75, 3.05) is 0 Å². The van der Waals surface area contributed by atoms with Crippen molar-refractivity contribution in [2.45, 2.75) is 38.3 Å². The zero-order valence-electron chi connectivity index (χ0n) is 9.28. The van der Waals surface area contributed by atoms with E-state index in [1.165, 1.54) is 0 Å². The summed E-state index contributed by atoms with van der Waals surface area (Å²) in [6, 6.07) is 0.289. The van der Waals surface area contributed by atoms with Crippen LogP contribution in [0.5, 0.6) is 0 Å². The molecule has 5 heteroatoms. The largest absolute Gasteiger partial charge is 0.350 e. The minimum Gasteiger partial charge on any atom is -0.350 e. The first-order chi connectivity index (χ1) is 7.75. The quantitative estimate of drug-likeness (QED) is 0.698. The van der Waals surface area contributed by atoms with Crippen molar-refractivity contribution >= 4 is 5.91 Å². The lowest BCUT2D eigenvalue weighted by Gasteiger charge is -2.25. The number of hydrogen-bond acceptors (Lipinski definition) is 3. The number of aromatic nitrogens is 2. The van der Waals surface area contributed by atoms with E-state index in [1.54, 1.807) is 12.5 Å². The molecule has 1 fully saturated rings. The number of aromatic amines is 1. The van der Waals surface area contributed by atoms with Gasteiger partial charge in [-0.3, -0.25) is 4.79 Å². The van der Waals surface area contributed by atoms with Gasteiger partial charge in [0.25, 0.3) is 0 Å². The predicted molar refractivity (Wildman–Crippen MR) is 60.4 cm³/mol. The number of nitrogens with one attached hydrogen (secondary N) is 2. The van der Waals surface area contributed by atoms with Crippen molar-refractivity contribution in [3.8, 4) is 0 Å².